The number of ether oxygens (including phenoxy) is 2. The first-order valence-corrected chi connectivity index (χ1v) is 8.88. The van der Waals surface area contributed by atoms with Crippen molar-refractivity contribution in [2.45, 2.75) is 44.2 Å². The monoisotopic (exact) mass is 354 g/mol. The molecular weight excluding hydrogens is 332 g/mol. The molecule has 0 saturated carbocycles. The Morgan fingerprint density at radius 2 is 2.33 bits per heavy atom. The molecule has 2 unspecified atom stereocenters. The number of hydrogen-bond donors (Lipinski definition) is 1. The molecule has 1 aromatic heterocycles. The molecule has 2 aliphatic heterocycles. The predicted molar refractivity (Wildman–Crippen MR) is 89.5 cm³/mol. The minimum Gasteiger partial charge on any atom is -0.471 e. The van der Waals surface area contributed by atoms with Gasteiger partial charge in [-0.2, -0.15) is 0 Å². The molecule has 2 aliphatic rings. The zero-order chi connectivity index (χ0) is 16.9. The lowest BCUT2D eigenvalue weighted by atomic mass is 9.98. The van der Waals surface area contributed by atoms with Crippen molar-refractivity contribution in [3.63, 3.8) is 0 Å². The average Bonchev–Trinajstić information content (AvgIpc) is 3.10. The lowest BCUT2D eigenvalue weighted by molar-refractivity contribution is 0.0574. The Bertz CT molecular complexity index is 576. The van der Waals surface area contributed by atoms with Gasteiger partial charge in [0.05, 0.1) is 18.8 Å². The minimum absolute atomic E-state index is 0.0346. The van der Waals surface area contributed by atoms with Crippen LogP contribution in [0.1, 0.15) is 42.5 Å². The fraction of sp³-hybridized carbons (Fsp3) is 0.647. The van der Waals surface area contributed by atoms with E-state index in [0.717, 1.165) is 25.7 Å². The number of likely N-dealkylation sites (tertiary alicyclic amines) is 1. The van der Waals surface area contributed by atoms with Crippen molar-refractivity contribution in [1.82, 2.24) is 9.88 Å². The van der Waals surface area contributed by atoms with Crippen LogP contribution in [0, 0.1) is 0 Å². The van der Waals surface area contributed by atoms with E-state index in [1.165, 1.54) is 6.20 Å². The van der Waals surface area contributed by atoms with Gasteiger partial charge in [0.15, 0.2) is 0 Å². The number of aliphatic hydroxyl groups is 1. The van der Waals surface area contributed by atoms with Crippen molar-refractivity contribution >= 4 is 17.5 Å². The van der Waals surface area contributed by atoms with Gasteiger partial charge in [0.1, 0.15) is 11.1 Å². The van der Waals surface area contributed by atoms with Gasteiger partial charge in [-0.1, -0.05) is 11.6 Å². The number of aromatic nitrogens is 1. The Kier molecular flexibility index (Phi) is 5.92. The highest BCUT2D eigenvalue weighted by molar-refractivity contribution is 6.32. The van der Waals surface area contributed by atoms with Crippen molar-refractivity contribution in [1.29, 1.82) is 0 Å². The molecule has 6 nitrogen and oxygen atoms in total. The number of hydrogen-bond acceptors (Lipinski definition) is 5. The topological polar surface area (TPSA) is 71.9 Å². The van der Waals surface area contributed by atoms with Crippen LogP contribution in [0.3, 0.4) is 0 Å². The van der Waals surface area contributed by atoms with Gasteiger partial charge in [0.2, 0.25) is 5.88 Å². The molecule has 0 aliphatic carbocycles. The van der Waals surface area contributed by atoms with E-state index in [4.69, 9.17) is 21.1 Å². The fourth-order valence-electron chi connectivity index (χ4n) is 3.28. The standard InChI is InChI=1S/C17H23ClN2O4/c18-15-9-12(10-19-16(15)24-14-5-8-23-11-14)17(22)20-6-2-1-3-13(20)4-7-21/h9-10,13-14,21H,1-8,11H2. The van der Waals surface area contributed by atoms with E-state index >= 15 is 0 Å². The molecule has 3 heterocycles. The molecule has 132 valence electrons. The van der Waals surface area contributed by atoms with Crippen LogP contribution in [0.4, 0.5) is 0 Å². The number of rotatable bonds is 5. The molecule has 1 aromatic rings. The number of carbonyl (C=O) groups is 1. The first-order valence-electron chi connectivity index (χ1n) is 8.51. The maximum Gasteiger partial charge on any atom is 0.255 e. The summed E-state index contributed by atoms with van der Waals surface area (Å²) in [5.74, 6) is 0.257. The van der Waals surface area contributed by atoms with E-state index in [9.17, 15) is 9.90 Å². The number of halogens is 1. The quantitative estimate of drug-likeness (QED) is 0.878. The number of aliphatic hydroxyl groups excluding tert-OH is 1. The molecule has 0 radical (unpaired) electrons. The van der Waals surface area contributed by atoms with Crippen LogP contribution < -0.4 is 4.74 Å². The van der Waals surface area contributed by atoms with Gasteiger partial charge >= 0.3 is 0 Å². The molecule has 0 spiro atoms. The second kappa shape index (κ2) is 8.14. The van der Waals surface area contributed by atoms with E-state index in [1.54, 1.807) is 6.07 Å². The Hall–Kier alpha value is -1.37. The lowest BCUT2D eigenvalue weighted by Crippen LogP contribution is -2.44. The molecular formula is C17H23ClN2O4. The van der Waals surface area contributed by atoms with Crippen LogP contribution in [0.15, 0.2) is 12.3 Å². The minimum atomic E-state index is -0.0849. The normalized spacial score (nSPS) is 24.2. The van der Waals surface area contributed by atoms with Gasteiger partial charge in [0.25, 0.3) is 5.91 Å². The van der Waals surface area contributed by atoms with Gasteiger partial charge in [-0.05, 0) is 31.7 Å². The maximum atomic E-state index is 12.8. The summed E-state index contributed by atoms with van der Waals surface area (Å²) in [5, 5.41) is 9.54. The van der Waals surface area contributed by atoms with Crippen LogP contribution in [-0.4, -0.2) is 59.4 Å². The smallest absolute Gasteiger partial charge is 0.255 e. The number of nitrogens with zero attached hydrogens (tertiary/aromatic N) is 2. The Morgan fingerprint density at radius 1 is 1.46 bits per heavy atom. The summed E-state index contributed by atoms with van der Waals surface area (Å²) < 4.78 is 11.0. The SMILES string of the molecule is O=C(c1cnc(OC2CCOC2)c(Cl)c1)N1CCCCC1CCO. The molecule has 3 rings (SSSR count). The Balaban J connectivity index is 1.71. The number of amides is 1. The first kappa shape index (κ1) is 17.5. The number of pyridine rings is 1. The fourth-order valence-corrected chi connectivity index (χ4v) is 3.49. The molecule has 24 heavy (non-hydrogen) atoms. The number of piperidine rings is 1. The Labute approximate surface area is 146 Å². The van der Waals surface area contributed by atoms with Gasteiger partial charge in [0, 0.05) is 31.8 Å². The first-order chi connectivity index (χ1) is 11.7. The highest BCUT2D eigenvalue weighted by Crippen LogP contribution is 2.27. The third-order valence-corrected chi connectivity index (χ3v) is 4.84. The van der Waals surface area contributed by atoms with Crippen molar-refractivity contribution in [3.8, 4) is 5.88 Å². The molecule has 0 aromatic carbocycles. The van der Waals surface area contributed by atoms with E-state index < -0.39 is 0 Å². The summed E-state index contributed by atoms with van der Waals surface area (Å²) in [4.78, 5) is 18.8. The molecule has 0 bridgehead atoms. The zero-order valence-electron chi connectivity index (χ0n) is 13.6. The van der Waals surface area contributed by atoms with Crippen LogP contribution in [-0.2, 0) is 4.74 Å². The predicted octanol–water partition coefficient (Wildman–Crippen LogP) is 2.28. The van der Waals surface area contributed by atoms with Crippen LogP contribution in [0.2, 0.25) is 5.02 Å². The van der Waals surface area contributed by atoms with Gasteiger partial charge in [-0.25, -0.2) is 4.98 Å². The summed E-state index contributed by atoms with van der Waals surface area (Å²) in [7, 11) is 0. The van der Waals surface area contributed by atoms with E-state index in [2.05, 4.69) is 4.98 Å². The molecule has 2 atom stereocenters. The van der Waals surface area contributed by atoms with Crippen molar-refractivity contribution in [2.75, 3.05) is 26.4 Å². The van der Waals surface area contributed by atoms with Gasteiger partial charge in [-0.3, -0.25) is 4.79 Å². The van der Waals surface area contributed by atoms with Crippen LogP contribution in [0.25, 0.3) is 0 Å². The number of carbonyl (C=O) groups excluding carboxylic acids is 1. The summed E-state index contributed by atoms with van der Waals surface area (Å²) in [6.07, 6.45) is 5.90. The van der Waals surface area contributed by atoms with Gasteiger partial charge < -0.3 is 19.5 Å². The lowest BCUT2D eigenvalue weighted by Gasteiger charge is -2.35. The van der Waals surface area contributed by atoms with E-state index in [1.807, 2.05) is 4.90 Å². The van der Waals surface area contributed by atoms with E-state index in [0.29, 0.717) is 42.6 Å². The summed E-state index contributed by atoms with van der Waals surface area (Å²) in [6.45, 7) is 2.01. The van der Waals surface area contributed by atoms with Crippen LogP contribution >= 0.6 is 11.6 Å². The third-order valence-electron chi connectivity index (χ3n) is 4.57. The third kappa shape index (κ3) is 3.99. The van der Waals surface area contributed by atoms with Crippen molar-refractivity contribution in [3.05, 3.63) is 22.8 Å². The molecule has 7 heteroatoms. The summed E-state index contributed by atoms with van der Waals surface area (Å²) in [5.41, 5.74) is 0.458. The molecule has 1 N–H and O–H groups in total. The van der Waals surface area contributed by atoms with E-state index in [-0.39, 0.29) is 24.7 Å². The van der Waals surface area contributed by atoms with Crippen LogP contribution in [0.5, 0.6) is 5.88 Å². The zero-order valence-corrected chi connectivity index (χ0v) is 14.4. The average molecular weight is 355 g/mol. The maximum absolute atomic E-state index is 12.8. The Morgan fingerprint density at radius 3 is 3.04 bits per heavy atom. The summed E-state index contributed by atoms with van der Waals surface area (Å²) >= 11 is 6.25. The van der Waals surface area contributed by atoms with Crippen molar-refractivity contribution in [2.24, 2.45) is 0 Å². The second-order valence-electron chi connectivity index (χ2n) is 6.27. The highest BCUT2D eigenvalue weighted by atomic mass is 35.5. The summed E-state index contributed by atoms with van der Waals surface area (Å²) in [6, 6.07) is 1.70. The molecule has 2 saturated heterocycles. The van der Waals surface area contributed by atoms with Gasteiger partial charge in [-0.15, -0.1) is 0 Å². The molecule has 1 amide bonds. The highest BCUT2D eigenvalue weighted by Gasteiger charge is 2.28. The second-order valence-corrected chi connectivity index (χ2v) is 6.68. The molecule has 2 fully saturated rings. The van der Waals surface area contributed by atoms with Crippen molar-refractivity contribution < 1.29 is 19.4 Å². The largest absolute Gasteiger partial charge is 0.471 e.